The smallest absolute Gasteiger partial charge is 0.120 e. The van der Waals surface area contributed by atoms with Crippen molar-refractivity contribution in [2.75, 3.05) is 51.9 Å². The zero-order valence-electron chi connectivity index (χ0n) is 13.5. The van der Waals surface area contributed by atoms with E-state index in [1.807, 2.05) is 12.1 Å². The van der Waals surface area contributed by atoms with Gasteiger partial charge in [0, 0.05) is 43.9 Å². The topological polar surface area (TPSA) is 33.7 Å². The van der Waals surface area contributed by atoms with E-state index in [0.717, 1.165) is 45.0 Å². The van der Waals surface area contributed by atoms with Crippen molar-refractivity contribution in [3.05, 3.63) is 24.3 Å². The van der Waals surface area contributed by atoms with Crippen LogP contribution in [0.15, 0.2) is 24.3 Å². The number of rotatable bonds is 7. The third kappa shape index (κ3) is 4.35. The highest BCUT2D eigenvalue weighted by atomic mass is 16.5. The van der Waals surface area contributed by atoms with Gasteiger partial charge in [0.15, 0.2) is 0 Å². The molecule has 1 aliphatic rings. The zero-order chi connectivity index (χ0) is 15.1. The van der Waals surface area contributed by atoms with Gasteiger partial charge in [-0.25, -0.2) is 0 Å². The molecular weight excluding hydrogens is 264 g/mol. The lowest BCUT2D eigenvalue weighted by atomic mass is 9.81. The van der Waals surface area contributed by atoms with Crippen LogP contribution >= 0.6 is 0 Å². The maximum absolute atomic E-state index is 5.77. The van der Waals surface area contributed by atoms with E-state index >= 15 is 0 Å². The van der Waals surface area contributed by atoms with Gasteiger partial charge in [-0.15, -0.1) is 0 Å². The first-order valence-electron chi connectivity index (χ1n) is 7.83. The predicted octanol–water partition coefficient (Wildman–Crippen LogP) is 2.54. The van der Waals surface area contributed by atoms with E-state index in [0.29, 0.717) is 0 Å². The summed E-state index contributed by atoms with van der Waals surface area (Å²) in [5.74, 6) is 0.903. The van der Waals surface area contributed by atoms with Crippen molar-refractivity contribution >= 4 is 5.69 Å². The lowest BCUT2D eigenvalue weighted by Crippen LogP contribution is -2.48. The average molecular weight is 292 g/mol. The fraction of sp³-hybridized carbons (Fsp3) is 0.647. The first-order valence-corrected chi connectivity index (χ1v) is 7.83. The second-order valence-corrected chi connectivity index (χ2v) is 5.99. The predicted molar refractivity (Wildman–Crippen MR) is 87.3 cm³/mol. The van der Waals surface area contributed by atoms with Gasteiger partial charge < -0.3 is 19.7 Å². The van der Waals surface area contributed by atoms with Crippen LogP contribution in [0.2, 0.25) is 0 Å². The van der Waals surface area contributed by atoms with E-state index in [4.69, 9.17) is 9.47 Å². The molecule has 1 atom stereocenters. The first kappa shape index (κ1) is 16.1. The highest BCUT2D eigenvalue weighted by Gasteiger charge is 2.33. The summed E-state index contributed by atoms with van der Waals surface area (Å²) in [7, 11) is 3.86. The molecule has 1 aliphatic heterocycles. The number of benzene rings is 1. The molecular formula is C17H28N2O2. The molecule has 0 bridgehead atoms. The Bertz CT molecular complexity index is 431. The molecule has 0 radical (unpaired) electrons. The van der Waals surface area contributed by atoms with Gasteiger partial charge in [-0.05, 0) is 31.5 Å². The van der Waals surface area contributed by atoms with E-state index in [1.54, 1.807) is 7.11 Å². The van der Waals surface area contributed by atoms with Gasteiger partial charge in [-0.1, -0.05) is 13.0 Å². The monoisotopic (exact) mass is 292 g/mol. The Labute approximate surface area is 128 Å². The van der Waals surface area contributed by atoms with Gasteiger partial charge in [0.05, 0.1) is 13.7 Å². The van der Waals surface area contributed by atoms with Crippen molar-refractivity contribution in [2.24, 2.45) is 5.41 Å². The molecule has 1 aromatic rings. The van der Waals surface area contributed by atoms with Crippen LogP contribution < -0.4 is 15.0 Å². The van der Waals surface area contributed by atoms with Crippen molar-refractivity contribution < 1.29 is 9.47 Å². The number of hydrogen-bond acceptors (Lipinski definition) is 4. The number of nitrogens with one attached hydrogen (secondary N) is 1. The number of anilines is 1. The number of methoxy groups -OCH3 is 1. The summed E-state index contributed by atoms with van der Waals surface area (Å²) >= 11 is 0. The summed E-state index contributed by atoms with van der Waals surface area (Å²) in [6, 6.07) is 8.24. The van der Waals surface area contributed by atoms with Crippen LogP contribution in [0, 0.1) is 5.41 Å². The van der Waals surface area contributed by atoms with Gasteiger partial charge in [-0.3, -0.25) is 0 Å². The number of nitrogens with zero attached hydrogens (tertiary/aromatic N) is 1. The molecule has 21 heavy (non-hydrogen) atoms. The number of hydrogen-bond donors (Lipinski definition) is 1. The lowest BCUT2D eigenvalue weighted by molar-refractivity contribution is -0.00249. The molecule has 0 spiro atoms. The maximum Gasteiger partial charge on any atom is 0.120 e. The minimum Gasteiger partial charge on any atom is -0.497 e. The molecule has 0 amide bonds. The van der Waals surface area contributed by atoms with Gasteiger partial charge >= 0.3 is 0 Å². The van der Waals surface area contributed by atoms with Crippen molar-refractivity contribution in [2.45, 2.75) is 19.8 Å². The van der Waals surface area contributed by atoms with Crippen molar-refractivity contribution in [1.29, 1.82) is 0 Å². The van der Waals surface area contributed by atoms with Gasteiger partial charge in [0.2, 0.25) is 0 Å². The van der Waals surface area contributed by atoms with Gasteiger partial charge in [0.1, 0.15) is 5.75 Å². The molecule has 118 valence electrons. The molecule has 4 nitrogen and oxygen atoms in total. The second kappa shape index (κ2) is 7.66. The zero-order valence-corrected chi connectivity index (χ0v) is 13.5. The Morgan fingerprint density at radius 3 is 2.95 bits per heavy atom. The minimum atomic E-state index is 0.200. The molecule has 4 heteroatoms. The van der Waals surface area contributed by atoms with E-state index in [9.17, 15) is 0 Å². The Morgan fingerprint density at radius 2 is 2.29 bits per heavy atom. The van der Waals surface area contributed by atoms with Crippen molar-refractivity contribution in [3.8, 4) is 5.75 Å². The Balaban J connectivity index is 2.07. The molecule has 1 unspecified atom stereocenters. The third-order valence-electron chi connectivity index (χ3n) is 4.22. The van der Waals surface area contributed by atoms with E-state index in [-0.39, 0.29) is 5.41 Å². The fourth-order valence-corrected chi connectivity index (χ4v) is 3.06. The Hall–Kier alpha value is -1.26. The van der Waals surface area contributed by atoms with Gasteiger partial charge in [-0.2, -0.15) is 0 Å². The summed E-state index contributed by atoms with van der Waals surface area (Å²) < 4.78 is 11.1. The lowest BCUT2D eigenvalue weighted by Gasteiger charge is -2.40. The molecule has 1 fully saturated rings. The summed E-state index contributed by atoms with van der Waals surface area (Å²) in [5, 5.41) is 3.51. The highest BCUT2D eigenvalue weighted by Crippen LogP contribution is 2.31. The molecule has 0 aliphatic carbocycles. The number of ether oxygens (including phenoxy) is 2. The quantitative estimate of drug-likeness (QED) is 0.837. The molecule has 1 heterocycles. The summed E-state index contributed by atoms with van der Waals surface area (Å²) in [6.07, 6.45) is 2.37. The van der Waals surface area contributed by atoms with Crippen molar-refractivity contribution in [1.82, 2.24) is 5.32 Å². The summed E-state index contributed by atoms with van der Waals surface area (Å²) in [5.41, 5.74) is 1.39. The van der Waals surface area contributed by atoms with E-state index in [1.165, 1.54) is 12.1 Å². The van der Waals surface area contributed by atoms with E-state index in [2.05, 4.69) is 36.3 Å². The fourth-order valence-electron chi connectivity index (χ4n) is 3.06. The third-order valence-corrected chi connectivity index (χ3v) is 4.22. The Kier molecular flexibility index (Phi) is 5.88. The molecule has 2 rings (SSSR count). The maximum atomic E-state index is 5.77. The van der Waals surface area contributed by atoms with Crippen LogP contribution in [-0.2, 0) is 4.74 Å². The standard InChI is InChI=1S/C17H28N2O2/c1-4-18-12-17(9-6-10-21-14-17)13-19(2)15-7-5-8-16(11-15)20-3/h5,7-8,11,18H,4,6,9-10,12-14H2,1-3H3. The largest absolute Gasteiger partial charge is 0.497 e. The van der Waals surface area contributed by atoms with Crippen LogP contribution in [0.25, 0.3) is 0 Å². The SMILES string of the molecule is CCNCC1(CN(C)c2cccc(OC)c2)CCCOC1. The molecule has 1 saturated heterocycles. The molecule has 0 aromatic heterocycles. The minimum absolute atomic E-state index is 0.200. The molecule has 0 saturated carbocycles. The van der Waals surface area contributed by atoms with Crippen LogP contribution in [0.5, 0.6) is 5.75 Å². The van der Waals surface area contributed by atoms with E-state index < -0.39 is 0 Å². The highest BCUT2D eigenvalue weighted by molar-refractivity contribution is 5.50. The van der Waals surface area contributed by atoms with Crippen LogP contribution in [0.1, 0.15) is 19.8 Å². The normalized spacial score (nSPS) is 22.0. The second-order valence-electron chi connectivity index (χ2n) is 5.99. The van der Waals surface area contributed by atoms with Gasteiger partial charge in [0.25, 0.3) is 0 Å². The Morgan fingerprint density at radius 1 is 1.43 bits per heavy atom. The summed E-state index contributed by atoms with van der Waals surface area (Å²) in [6.45, 7) is 6.91. The average Bonchev–Trinajstić information content (AvgIpc) is 2.54. The van der Waals surface area contributed by atoms with Crippen LogP contribution in [-0.4, -0.2) is 47.0 Å². The van der Waals surface area contributed by atoms with Crippen LogP contribution in [0.3, 0.4) is 0 Å². The van der Waals surface area contributed by atoms with Crippen LogP contribution in [0.4, 0.5) is 5.69 Å². The first-order chi connectivity index (χ1) is 10.2. The van der Waals surface area contributed by atoms with Crippen molar-refractivity contribution in [3.63, 3.8) is 0 Å². The summed E-state index contributed by atoms with van der Waals surface area (Å²) in [4.78, 5) is 2.31. The molecule has 1 N–H and O–H groups in total. The molecule has 1 aromatic carbocycles.